The van der Waals surface area contributed by atoms with Gasteiger partial charge in [0.25, 0.3) is 5.91 Å². The van der Waals surface area contributed by atoms with E-state index in [9.17, 15) is 4.79 Å². The summed E-state index contributed by atoms with van der Waals surface area (Å²) in [7, 11) is 0. The first-order valence-corrected chi connectivity index (χ1v) is 2.00. The van der Waals surface area contributed by atoms with Crippen molar-refractivity contribution >= 4 is 5.91 Å². The van der Waals surface area contributed by atoms with Gasteiger partial charge in [-0.05, 0) is 6.08 Å². The molecule has 0 aliphatic rings. The second kappa shape index (κ2) is 3.92. The lowest BCUT2D eigenvalue weighted by molar-refractivity contribution is -0.124. The van der Waals surface area contributed by atoms with E-state index in [0.717, 1.165) is 12.3 Å². The predicted octanol–water partition coefficient (Wildman–Crippen LogP) is 0.364. The molecule has 3 nitrogen and oxygen atoms in total. The van der Waals surface area contributed by atoms with Crippen LogP contribution in [0.3, 0.4) is 0 Å². The van der Waals surface area contributed by atoms with Gasteiger partial charge in [0, 0.05) is 0 Å². The van der Waals surface area contributed by atoms with E-state index >= 15 is 0 Å². The molecule has 0 atom stereocenters. The zero-order valence-electron chi connectivity index (χ0n) is 4.39. The second-order valence-electron chi connectivity index (χ2n) is 0.955. The quantitative estimate of drug-likeness (QED) is 0.326. The topological polar surface area (TPSA) is 38.3 Å². The first-order valence-electron chi connectivity index (χ1n) is 2.00. The monoisotopic (exact) mass is 113 g/mol. The third kappa shape index (κ3) is 2.96. The normalized spacial score (nSPS) is 7.00. The van der Waals surface area contributed by atoms with Crippen molar-refractivity contribution in [1.29, 1.82) is 0 Å². The molecule has 0 aromatic rings. The number of hydroxylamine groups is 1. The molecule has 0 rings (SSSR count). The summed E-state index contributed by atoms with van der Waals surface area (Å²) in [5.74, 6) is -0.384. The average molecular weight is 113 g/mol. The number of carbonyl (C=O) groups is 1. The minimum atomic E-state index is -0.384. The summed E-state index contributed by atoms with van der Waals surface area (Å²) >= 11 is 0. The Morgan fingerprint density at radius 3 is 2.62 bits per heavy atom. The molecule has 0 bridgehead atoms. The van der Waals surface area contributed by atoms with Crippen LogP contribution < -0.4 is 5.48 Å². The lowest BCUT2D eigenvalue weighted by Crippen LogP contribution is -2.17. The molecule has 8 heavy (non-hydrogen) atoms. The molecule has 0 saturated heterocycles. The van der Waals surface area contributed by atoms with Crippen molar-refractivity contribution < 1.29 is 9.63 Å². The van der Waals surface area contributed by atoms with Crippen molar-refractivity contribution in [1.82, 2.24) is 5.48 Å². The highest BCUT2D eigenvalue weighted by Crippen LogP contribution is 1.67. The Kier molecular flexibility index (Phi) is 3.31. The largest absolute Gasteiger partial charge is 0.388 e. The van der Waals surface area contributed by atoms with Gasteiger partial charge in [-0.3, -0.25) is 4.79 Å². The summed E-state index contributed by atoms with van der Waals surface area (Å²) < 4.78 is 0. The fourth-order valence-electron chi connectivity index (χ4n) is 0.141. The Morgan fingerprint density at radius 1 is 1.62 bits per heavy atom. The summed E-state index contributed by atoms with van der Waals surface area (Å²) in [6.07, 6.45) is 2.21. The first kappa shape index (κ1) is 6.75. The van der Waals surface area contributed by atoms with E-state index in [4.69, 9.17) is 0 Å². The van der Waals surface area contributed by atoms with Gasteiger partial charge in [-0.25, -0.2) is 0 Å². The molecule has 0 fully saturated rings. The zero-order chi connectivity index (χ0) is 6.41. The van der Waals surface area contributed by atoms with Crippen molar-refractivity contribution in [3.05, 3.63) is 25.5 Å². The van der Waals surface area contributed by atoms with E-state index < -0.39 is 0 Å². The van der Waals surface area contributed by atoms with E-state index in [-0.39, 0.29) is 5.91 Å². The number of nitrogens with one attached hydrogen (secondary N) is 1. The smallest absolute Gasteiger partial charge is 0.275 e. The molecule has 3 heteroatoms. The molecule has 0 aromatic heterocycles. The van der Waals surface area contributed by atoms with Crippen LogP contribution in [0.4, 0.5) is 0 Å². The predicted molar refractivity (Wildman–Crippen MR) is 29.6 cm³/mol. The maximum absolute atomic E-state index is 10.2. The highest BCUT2D eigenvalue weighted by Gasteiger charge is 1.86. The average Bonchev–Trinajstić information content (AvgIpc) is 1.83. The Labute approximate surface area is 47.6 Å². The molecule has 0 aliphatic heterocycles. The third-order valence-electron chi connectivity index (χ3n) is 0.428. The standard InChI is InChI=1S/C5H7NO2/c1-3-5(7)6-8-4-2/h3-4H,1-2H2,(H,6,7). The number of hydrogen-bond acceptors (Lipinski definition) is 2. The lowest BCUT2D eigenvalue weighted by atomic mass is 10.6. The summed E-state index contributed by atoms with van der Waals surface area (Å²) in [5.41, 5.74) is 2.01. The van der Waals surface area contributed by atoms with Gasteiger partial charge in [0.15, 0.2) is 0 Å². The van der Waals surface area contributed by atoms with Crippen molar-refractivity contribution in [2.45, 2.75) is 0 Å². The fourth-order valence-corrected chi connectivity index (χ4v) is 0.141. The highest BCUT2D eigenvalue weighted by molar-refractivity contribution is 5.85. The van der Waals surface area contributed by atoms with Crippen molar-refractivity contribution in [3.63, 3.8) is 0 Å². The molecule has 44 valence electrons. The Bertz CT molecular complexity index is 109. The molecular weight excluding hydrogens is 106 g/mol. The van der Waals surface area contributed by atoms with Crippen molar-refractivity contribution in [2.75, 3.05) is 0 Å². The highest BCUT2D eigenvalue weighted by atomic mass is 16.6. The molecule has 0 unspecified atom stereocenters. The molecule has 0 saturated carbocycles. The van der Waals surface area contributed by atoms with E-state index in [1.165, 1.54) is 0 Å². The molecule has 1 amide bonds. The summed E-state index contributed by atoms with van der Waals surface area (Å²) in [5, 5.41) is 0. The summed E-state index contributed by atoms with van der Waals surface area (Å²) in [6, 6.07) is 0. The first-order chi connectivity index (χ1) is 3.81. The van der Waals surface area contributed by atoms with Crippen LogP contribution >= 0.6 is 0 Å². The SMILES string of the molecule is C=CONC(=O)C=C. The van der Waals surface area contributed by atoms with Crippen LogP contribution in [0, 0.1) is 0 Å². The van der Waals surface area contributed by atoms with E-state index in [2.05, 4.69) is 18.0 Å². The molecule has 1 N–H and O–H groups in total. The maximum Gasteiger partial charge on any atom is 0.275 e. The van der Waals surface area contributed by atoms with Crippen LogP contribution in [0.15, 0.2) is 25.5 Å². The second-order valence-corrected chi connectivity index (χ2v) is 0.955. The minimum Gasteiger partial charge on any atom is -0.388 e. The number of hydrogen-bond donors (Lipinski definition) is 1. The molecular formula is C5H7NO2. The van der Waals surface area contributed by atoms with Crippen LogP contribution in [0.2, 0.25) is 0 Å². The van der Waals surface area contributed by atoms with Gasteiger partial charge in [0.1, 0.15) is 6.26 Å². The van der Waals surface area contributed by atoms with Gasteiger partial charge in [0.05, 0.1) is 0 Å². The van der Waals surface area contributed by atoms with Gasteiger partial charge in [-0.1, -0.05) is 13.2 Å². The molecule has 0 radical (unpaired) electrons. The van der Waals surface area contributed by atoms with Gasteiger partial charge in [-0.2, -0.15) is 5.48 Å². The van der Waals surface area contributed by atoms with E-state index in [1.54, 1.807) is 0 Å². The van der Waals surface area contributed by atoms with Crippen LogP contribution in [-0.4, -0.2) is 5.91 Å². The Morgan fingerprint density at radius 2 is 2.25 bits per heavy atom. The number of amides is 1. The summed E-state index contributed by atoms with van der Waals surface area (Å²) in [6.45, 7) is 6.38. The number of carbonyl (C=O) groups excluding carboxylic acids is 1. The Balaban J connectivity index is 3.24. The zero-order valence-corrected chi connectivity index (χ0v) is 4.39. The number of rotatable bonds is 3. The third-order valence-corrected chi connectivity index (χ3v) is 0.428. The van der Waals surface area contributed by atoms with Gasteiger partial charge < -0.3 is 4.84 Å². The van der Waals surface area contributed by atoms with Crippen molar-refractivity contribution in [3.8, 4) is 0 Å². The van der Waals surface area contributed by atoms with E-state index in [0.29, 0.717) is 0 Å². The molecule has 0 heterocycles. The van der Waals surface area contributed by atoms with Crippen LogP contribution in [-0.2, 0) is 9.63 Å². The molecule has 0 aromatic carbocycles. The van der Waals surface area contributed by atoms with Crippen LogP contribution in [0.1, 0.15) is 0 Å². The lowest BCUT2D eigenvalue weighted by Gasteiger charge is -1.94. The minimum absolute atomic E-state index is 0.384. The van der Waals surface area contributed by atoms with Crippen LogP contribution in [0.5, 0.6) is 0 Å². The maximum atomic E-state index is 10.2. The van der Waals surface area contributed by atoms with E-state index in [1.807, 2.05) is 5.48 Å². The molecule has 0 spiro atoms. The van der Waals surface area contributed by atoms with Crippen LogP contribution in [0.25, 0.3) is 0 Å². The Hall–Kier alpha value is -1.25. The van der Waals surface area contributed by atoms with Crippen molar-refractivity contribution in [2.24, 2.45) is 0 Å². The van der Waals surface area contributed by atoms with Gasteiger partial charge in [0.2, 0.25) is 0 Å². The summed E-state index contributed by atoms with van der Waals surface area (Å²) in [4.78, 5) is 14.4. The van der Waals surface area contributed by atoms with Gasteiger partial charge >= 0.3 is 0 Å². The molecule has 0 aliphatic carbocycles. The fraction of sp³-hybridized carbons (Fsp3) is 0. The van der Waals surface area contributed by atoms with Gasteiger partial charge in [-0.15, -0.1) is 0 Å².